The molecule has 0 aromatic heterocycles. The molecule has 2 N–H and O–H groups in total. The maximum atomic E-state index is 13.8. The van der Waals surface area contributed by atoms with Crippen LogP contribution in [0.15, 0.2) is 66.6 Å². The molecule has 30 heavy (non-hydrogen) atoms. The maximum Gasteiger partial charge on any atom is 0.263 e. The molecule has 2 rings (SSSR count). The number of ether oxygens (including phenoxy) is 2. The summed E-state index contributed by atoms with van der Waals surface area (Å²) < 4.78 is 38.1. The summed E-state index contributed by atoms with van der Waals surface area (Å²) in [7, 11) is 2.61. The molecule has 2 aromatic carbocycles. The Morgan fingerprint density at radius 1 is 1.17 bits per heavy atom. The van der Waals surface area contributed by atoms with Crippen molar-refractivity contribution >= 4 is 34.8 Å². The first-order valence-electron chi connectivity index (χ1n) is 8.42. The molecule has 0 spiro atoms. The molecule has 0 aliphatic rings. The van der Waals surface area contributed by atoms with Crippen molar-refractivity contribution in [1.29, 1.82) is 0 Å². The van der Waals surface area contributed by atoms with Gasteiger partial charge < -0.3 is 20.1 Å². The monoisotopic (exact) mass is 454 g/mol. The number of halogens is 4. The maximum absolute atomic E-state index is 13.8. The molecule has 0 radical (unpaired) electrons. The van der Waals surface area contributed by atoms with E-state index in [1.165, 1.54) is 38.4 Å². The highest BCUT2D eigenvalue weighted by molar-refractivity contribution is 6.34. The van der Waals surface area contributed by atoms with Crippen LogP contribution in [0.25, 0.3) is 0 Å². The second-order valence-corrected chi connectivity index (χ2v) is 6.67. The lowest BCUT2D eigenvalue weighted by Crippen LogP contribution is -2.30. The van der Waals surface area contributed by atoms with E-state index in [0.717, 1.165) is 23.2 Å². The highest BCUT2D eigenvalue weighted by Gasteiger charge is 2.25. The van der Waals surface area contributed by atoms with Gasteiger partial charge in [0.1, 0.15) is 17.3 Å². The topological polar surface area (TPSA) is 64.8 Å². The average Bonchev–Trinajstić information content (AvgIpc) is 2.72. The summed E-state index contributed by atoms with van der Waals surface area (Å²) in [4.78, 5) is 14.1. The number of amides is 1. The van der Waals surface area contributed by atoms with Crippen LogP contribution in [0.5, 0.6) is 11.5 Å². The summed E-state index contributed by atoms with van der Waals surface area (Å²) in [5, 5.41) is 0.606. The minimum atomic E-state index is -1.15. The van der Waals surface area contributed by atoms with Crippen molar-refractivity contribution in [2.45, 2.75) is 0 Å². The Bertz CT molecular complexity index is 1040. The molecule has 1 amide bonds. The van der Waals surface area contributed by atoms with Gasteiger partial charge >= 0.3 is 0 Å². The SMILES string of the molecule is C=C/C=C(Oc1cc(Cl)ccc1Cl)\C(=C/N)C(=O)N(C)c1cc(F)c(F)cc1OC. The van der Waals surface area contributed by atoms with Crippen molar-refractivity contribution in [2.75, 3.05) is 19.1 Å². The van der Waals surface area contributed by atoms with E-state index in [4.69, 9.17) is 38.4 Å². The van der Waals surface area contributed by atoms with Gasteiger partial charge in [-0.1, -0.05) is 35.9 Å². The van der Waals surface area contributed by atoms with Crippen LogP contribution in [0.1, 0.15) is 0 Å². The van der Waals surface area contributed by atoms with Crippen molar-refractivity contribution in [2.24, 2.45) is 5.73 Å². The fourth-order valence-electron chi connectivity index (χ4n) is 2.45. The van der Waals surface area contributed by atoms with E-state index in [1.807, 2.05) is 0 Å². The van der Waals surface area contributed by atoms with Crippen LogP contribution in [0, 0.1) is 11.6 Å². The predicted octanol–water partition coefficient (Wildman–Crippen LogP) is 5.23. The third kappa shape index (κ3) is 5.11. The van der Waals surface area contributed by atoms with Crippen LogP contribution in [-0.4, -0.2) is 20.1 Å². The third-order valence-corrected chi connectivity index (χ3v) is 4.48. The van der Waals surface area contributed by atoms with Crippen molar-refractivity contribution in [3.05, 3.63) is 88.3 Å². The highest BCUT2D eigenvalue weighted by Crippen LogP contribution is 2.33. The molecule has 0 aliphatic carbocycles. The predicted molar refractivity (Wildman–Crippen MR) is 114 cm³/mol. The number of hydrogen-bond donors (Lipinski definition) is 1. The molecular weight excluding hydrogens is 437 g/mol. The zero-order chi connectivity index (χ0) is 22.4. The summed E-state index contributed by atoms with van der Waals surface area (Å²) in [5.41, 5.74) is 5.57. The van der Waals surface area contributed by atoms with Gasteiger partial charge in [0.15, 0.2) is 11.6 Å². The smallest absolute Gasteiger partial charge is 0.263 e. The van der Waals surface area contributed by atoms with Crippen LogP contribution < -0.4 is 20.1 Å². The van der Waals surface area contributed by atoms with Gasteiger partial charge in [-0.2, -0.15) is 0 Å². The van der Waals surface area contributed by atoms with E-state index in [0.29, 0.717) is 5.02 Å². The Morgan fingerprint density at radius 3 is 2.43 bits per heavy atom. The van der Waals surface area contributed by atoms with Gasteiger partial charge in [0, 0.05) is 36.5 Å². The number of hydrogen-bond acceptors (Lipinski definition) is 4. The molecule has 5 nitrogen and oxygen atoms in total. The summed E-state index contributed by atoms with van der Waals surface area (Å²) >= 11 is 12.1. The lowest BCUT2D eigenvalue weighted by atomic mass is 10.1. The molecule has 158 valence electrons. The normalized spacial score (nSPS) is 11.8. The lowest BCUT2D eigenvalue weighted by molar-refractivity contribution is -0.114. The molecular formula is C21H18Cl2F2N2O3. The first kappa shape index (κ1) is 23.3. The fraction of sp³-hybridized carbons (Fsp3) is 0.0952. The van der Waals surface area contributed by atoms with Gasteiger partial charge in [0.2, 0.25) is 0 Å². The van der Waals surface area contributed by atoms with Crippen molar-refractivity contribution < 1.29 is 23.0 Å². The molecule has 0 fully saturated rings. The first-order chi connectivity index (χ1) is 14.2. The molecule has 0 aliphatic heterocycles. The Kier molecular flexibility index (Phi) is 7.86. The second kappa shape index (κ2) is 10.1. The Morgan fingerprint density at radius 2 is 1.83 bits per heavy atom. The minimum Gasteiger partial charge on any atom is -0.494 e. The van der Waals surface area contributed by atoms with Crippen LogP contribution in [-0.2, 0) is 4.79 Å². The minimum absolute atomic E-state index is 0.00932. The molecule has 0 unspecified atom stereocenters. The van der Waals surface area contributed by atoms with Crippen LogP contribution in [0.2, 0.25) is 10.0 Å². The summed E-state index contributed by atoms with van der Waals surface area (Å²) in [5.74, 6) is -2.81. The number of anilines is 1. The van der Waals surface area contributed by atoms with E-state index in [2.05, 4.69) is 6.58 Å². The van der Waals surface area contributed by atoms with Gasteiger partial charge in [0.05, 0.1) is 23.4 Å². The van der Waals surface area contributed by atoms with Crippen molar-refractivity contribution in [1.82, 2.24) is 0 Å². The van der Waals surface area contributed by atoms with Gasteiger partial charge in [-0.3, -0.25) is 4.79 Å². The van der Waals surface area contributed by atoms with Crippen LogP contribution in [0.4, 0.5) is 14.5 Å². The Balaban J connectivity index is 2.44. The van der Waals surface area contributed by atoms with Gasteiger partial charge in [0.25, 0.3) is 5.91 Å². The number of carbonyl (C=O) groups is 1. The Labute approximate surface area is 182 Å². The third-order valence-electron chi connectivity index (χ3n) is 3.93. The zero-order valence-corrected chi connectivity index (χ0v) is 17.6. The zero-order valence-electron chi connectivity index (χ0n) is 16.1. The van der Waals surface area contributed by atoms with Gasteiger partial charge in [-0.05, 0) is 18.2 Å². The van der Waals surface area contributed by atoms with Crippen LogP contribution >= 0.6 is 23.2 Å². The average molecular weight is 455 g/mol. The first-order valence-corrected chi connectivity index (χ1v) is 9.18. The number of allylic oxidation sites excluding steroid dienone is 2. The number of nitrogens with zero attached hydrogens (tertiary/aromatic N) is 1. The number of benzene rings is 2. The number of nitrogens with two attached hydrogens (primary N) is 1. The lowest BCUT2D eigenvalue weighted by Gasteiger charge is -2.22. The number of methoxy groups -OCH3 is 1. The molecule has 0 saturated heterocycles. The molecule has 0 saturated carbocycles. The van der Waals surface area contributed by atoms with Crippen LogP contribution in [0.3, 0.4) is 0 Å². The molecule has 9 heteroatoms. The number of rotatable bonds is 7. The molecule has 0 heterocycles. The van der Waals surface area contributed by atoms with Crippen molar-refractivity contribution in [3.63, 3.8) is 0 Å². The van der Waals surface area contributed by atoms with E-state index in [9.17, 15) is 13.6 Å². The number of carbonyl (C=O) groups excluding carboxylic acids is 1. The standard InChI is InChI=1S/C21H18Cl2F2N2O3/c1-4-5-18(30-19-8-12(22)6-7-14(19)23)13(11-26)21(28)27(2)17-9-15(24)16(25)10-20(17)29-3/h4-11H,1,26H2,2-3H3/b13-11+,18-5+. The quantitative estimate of drug-likeness (QED) is 0.353. The number of likely N-dealkylation sites (N-methyl/N-ethyl adjacent to an activating group) is 1. The van der Waals surface area contributed by atoms with Gasteiger partial charge in [-0.15, -0.1) is 0 Å². The van der Waals surface area contributed by atoms with Crippen molar-refractivity contribution in [3.8, 4) is 11.5 Å². The van der Waals surface area contributed by atoms with E-state index < -0.39 is 17.5 Å². The summed E-state index contributed by atoms with van der Waals surface area (Å²) in [6.45, 7) is 3.59. The Hall–Kier alpha value is -3.03. The molecule has 0 bridgehead atoms. The molecule has 0 atom stereocenters. The van der Waals surface area contributed by atoms with E-state index in [-0.39, 0.29) is 33.5 Å². The largest absolute Gasteiger partial charge is 0.494 e. The molecule has 2 aromatic rings. The van der Waals surface area contributed by atoms with Gasteiger partial charge in [-0.25, -0.2) is 8.78 Å². The highest BCUT2D eigenvalue weighted by atomic mass is 35.5. The van der Waals surface area contributed by atoms with E-state index >= 15 is 0 Å². The fourth-order valence-corrected chi connectivity index (χ4v) is 2.77. The summed E-state index contributed by atoms with van der Waals surface area (Å²) in [6, 6.07) is 6.23. The second-order valence-electron chi connectivity index (χ2n) is 5.83. The summed E-state index contributed by atoms with van der Waals surface area (Å²) in [6.07, 6.45) is 3.78. The van der Waals surface area contributed by atoms with E-state index in [1.54, 1.807) is 6.07 Å².